The maximum Gasteiger partial charge on any atom is 0.297 e. The van der Waals surface area contributed by atoms with Crippen molar-refractivity contribution in [1.29, 1.82) is 0 Å². The monoisotopic (exact) mass is 545 g/mol. The Morgan fingerprint density at radius 1 is 1.05 bits per heavy atom. The molecule has 10 heteroatoms. The lowest BCUT2D eigenvalue weighted by atomic mass is 9.98. The van der Waals surface area contributed by atoms with Crippen LogP contribution in [0.15, 0.2) is 86.3 Å². The Hall–Kier alpha value is -4.02. The lowest BCUT2D eigenvalue weighted by Gasteiger charge is -2.22. The lowest BCUT2D eigenvalue weighted by Crippen LogP contribution is -2.29. The molecule has 0 bridgehead atoms. The van der Waals surface area contributed by atoms with Crippen LogP contribution in [0.1, 0.15) is 40.2 Å². The number of anilines is 1. The summed E-state index contributed by atoms with van der Waals surface area (Å²) < 4.78 is 26.2. The average Bonchev–Trinajstić information content (AvgIpc) is 3.51. The van der Waals surface area contributed by atoms with Crippen LogP contribution in [-0.2, 0) is 5.75 Å². The molecule has 1 aliphatic rings. The molecule has 5 aromatic rings. The fourth-order valence-corrected chi connectivity index (χ4v) is 6.27. The number of halogens is 1. The normalized spacial score (nSPS) is 14.7. The summed E-state index contributed by atoms with van der Waals surface area (Å²) >= 11 is 2.78. The first-order valence-corrected chi connectivity index (χ1v) is 13.7. The number of thioether (sulfide) groups is 1. The highest BCUT2D eigenvalue weighted by molar-refractivity contribution is 8.00. The third kappa shape index (κ3) is 4.35. The zero-order chi connectivity index (χ0) is 26.2. The minimum Gasteiger partial charge on any atom is -0.494 e. The van der Waals surface area contributed by atoms with E-state index in [1.807, 2.05) is 37.3 Å². The van der Waals surface area contributed by atoms with Gasteiger partial charge in [-0.1, -0.05) is 65.6 Å². The van der Waals surface area contributed by atoms with Crippen LogP contribution < -0.4 is 15.1 Å². The van der Waals surface area contributed by atoms with Gasteiger partial charge in [-0.05, 0) is 48.4 Å². The number of amides is 1. The molecule has 0 fully saturated rings. The number of benzene rings is 3. The van der Waals surface area contributed by atoms with E-state index in [1.165, 1.54) is 40.1 Å². The molecule has 1 aliphatic heterocycles. The number of aromatic nitrogens is 2. The third-order valence-electron chi connectivity index (χ3n) is 6.15. The highest BCUT2D eigenvalue weighted by Gasteiger charge is 2.45. The van der Waals surface area contributed by atoms with Crippen LogP contribution in [0.2, 0.25) is 0 Å². The van der Waals surface area contributed by atoms with E-state index in [0.717, 1.165) is 11.6 Å². The van der Waals surface area contributed by atoms with E-state index in [0.29, 0.717) is 33.1 Å². The Labute approximate surface area is 224 Å². The Morgan fingerprint density at radius 3 is 2.61 bits per heavy atom. The van der Waals surface area contributed by atoms with Crippen molar-refractivity contribution >= 4 is 45.1 Å². The van der Waals surface area contributed by atoms with Gasteiger partial charge in [0, 0.05) is 5.75 Å². The second-order valence-corrected chi connectivity index (χ2v) is 10.7. The summed E-state index contributed by atoms with van der Waals surface area (Å²) in [6.45, 7) is 2.39. The molecule has 0 spiro atoms. The van der Waals surface area contributed by atoms with E-state index < -0.39 is 23.2 Å². The Morgan fingerprint density at radius 2 is 1.84 bits per heavy atom. The lowest BCUT2D eigenvalue weighted by molar-refractivity contribution is 0.0970. The van der Waals surface area contributed by atoms with Crippen molar-refractivity contribution in [2.24, 2.45) is 0 Å². The van der Waals surface area contributed by atoms with Gasteiger partial charge in [0.2, 0.25) is 10.9 Å². The number of carbonyl (C=O) groups excluding carboxylic acids is 1. The molecule has 2 aromatic heterocycles. The molecule has 0 saturated carbocycles. The molecule has 6 rings (SSSR count). The summed E-state index contributed by atoms with van der Waals surface area (Å²) in [5.74, 6) is 0.214. The van der Waals surface area contributed by atoms with Gasteiger partial charge in [0.05, 0.1) is 23.6 Å². The zero-order valence-electron chi connectivity index (χ0n) is 20.1. The van der Waals surface area contributed by atoms with Crippen molar-refractivity contribution in [3.05, 3.63) is 111 Å². The van der Waals surface area contributed by atoms with Crippen molar-refractivity contribution in [2.75, 3.05) is 11.5 Å². The van der Waals surface area contributed by atoms with E-state index >= 15 is 0 Å². The highest BCUT2D eigenvalue weighted by Crippen LogP contribution is 2.43. The SMILES string of the molecule is CCOc1ccc(C2c3c(oc4ccc(F)cc4c3=O)C(=O)N2c2nnc(SCc3ccccc3)s2)cc1. The van der Waals surface area contributed by atoms with Gasteiger partial charge in [-0.3, -0.25) is 14.5 Å². The van der Waals surface area contributed by atoms with Gasteiger partial charge in [0.1, 0.15) is 17.1 Å². The average molecular weight is 546 g/mol. The van der Waals surface area contributed by atoms with Gasteiger partial charge in [-0.25, -0.2) is 4.39 Å². The van der Waals surface area contributed by atoms with Crippen LogP contribution in [0.5, 0.6) is 5.75 Å². The van der Waals surface area contributed by atoms with Crippen LogP contribution in [0.3, 0.4) is 0 Å². The second-order valence-electron chi connectivity index (χ2n) is 8.52. The topological polar surface area (TPSA) is 85.5 Å². The van der Waals surface area contributed by atoms with Crippen LogP contribution in [0.4, 0.5) is 9.52 Å². The Kier molecular flexibility index (Phi) is 6.42. The number of rotatable bonds is 7. The van der Waals surface area contributed by atoms with Gasteiger partial charge < -0.3 is 9.15 Å². The zero-order valence-corrected chi connectivity index (χ0v) is 21.7. The summed E-state index contributed by atoms with van der Waals surface area (Å²) in [4.78, 5) is 28.8. The summed E-state index contributed by atoms with van der Waals surface area (Å²) in [6.07, 6.45) is 0. The van der Waals surface area contributed by atoms with Crippen molar-refractivity contribution in [1.82, 2.24) is 10.2 Å². The molecule has 3 aromatic carbocycles. The maximum atomic E-state index is 14.0. The molecule has 1 atom stereocenters. The quantitative estimate of drug-likeness (QED) is 0.177. The van der Waals surface area contributed by atoms with E-state index in [2.05, 4.69) is 10.2 Å². The number of carbonyl (C=O) groups is 1. The maximum absolute atomic E-state index is 14.0. The number of fused-ring (bicyclic) bond motifs is 2. The largest absolute Gasteiger partial charge is 0.494 e. The first-order valence-electron chi connectivity index (χ1n) is 11.9. The minimum absolute atomic E-state index is 0.0747. The summed E-state index contributed by atoms with van der Waals surface area (Å²) in [5.41, 5.74) is 1.63. The van der Waals surface area contributed by atoms with Gasteiger partial charge in [-0.15, -0.1) is 10.2 Å². The molecule has 0 saturated heterocycles. The molecule has 7 nitrogen and oxygen atoms in total. The van der Waals surface area contributed by atoms with E-state index in [4.69, 9.17) is 9.15 Å². The van der Waals surface area contributed by atoms with Crippen LogP contribution in [0.25, 0.3) is 11.0 Å². The Bertz CT molecular complexity index is 1700. The number of nitrogens with zero attached hydrogens (tertiary/aromatic N) is 3. The minimum atomic E-state index is -0.822. The molecule has 38 heavy (non-hydrogen) atoms. The van der Waals surface area contributed by atoms with Crippen molar-refractivity contribution in [2.45, 2.75) is 23.1 Å². The van der Waals surface area contributed by atoms with Gasteiger partial charge in [0.25, 0.3) is 5.91 Å². The predicted molar refractivity (Wildman–Crippen MR) is 145 cm³/mol. The van der Waals surface area contributed by atoms with Crippen molar-refractivity contribution in [3.8, 4) is 5.75 Å². The molecule has 0 N–H and O–H groups in total. The number of ether oxygens (including phenoxy) is 1. The van der Waals surface area contributed by atoms with Crippen molar-refractivity contribution < 1.29 is 18.3 Å². The Balaban J connectivity index is 1.44. The second kappa shape index (κ2) is 10.0. The summed E-state index contributed by atoms with van der Waals surface area (Å²) in [6, 6.07) is 20.0. The number of hydrogen-bond acceptors (Lipinski definition) is 8. The fourth-order valence-electron chi connectivity index (χ4n) is 4.45. The third-order valence-corrected chi connectivity index (χ3v) is 8.27. The molecule has 190 valence electrons. The van der Waals surface area contributed by atoms with Crippen LogP contribution in [-0.4, -0.2) is 22.7 Å². The molecular formula is C28H20FN3O4S2. The first-order chi connectivity index (χ1) is 18.5. The van der Waals surface area contributed by atoms with E-state index in [1.54, 1.807) is 24.3 Å². The standard InChI is InChI=1S/C28H20FN3O4S2/c1-2-35-19-11-8-17(9-12-19)23-22-24(33)20-14-18(29)10-13-21(20)36-25(22)26(34)32(23)27-30-31-28(38-27)37-15-16-6-4-3-5-7-16/h3-14,23H,2,15H2,1H3. The summed E-state index contributed by atoms with van der Waals surface area (Å²) in [5, 5.41) is 9.01. The van der Waals surface area contributed by atoms with Gasteiger partial charge in [-0.2, -0.15) is 0 Å². The highest BCUT2D eigenvalue weighted by atomic mass is 32.2. The molecule has 0 radical (unpaired) electrons. The smallest absolute Gasteiger partial charge is 0.297 e. The first kappa shape index (κ1) is 24.3. The van der Waals surface area contributed by atoms with E-state index in [-0.39, 0.29) is 22.3 Å². The molecule has 0 aliphatic carbocycles. The molecule has 3 heterocycles. The molecule has 1 amide bonds. The van der Waals surface area contributed by atoms with E-state index in [9.17, 15) is 14.0 Å². The van der Waals surface area contributed by atoms with Crippen LogP contribution in [0, 0.1) is 5.82 Å². The predicted octanol–water partition coefficient (Wildman–Crippen LogP) is 6.22. The fraction of sp³-hybridized carbons (Fsp3) is 0.143. The molecule has 1 unspecified atom stereocenters. The van der Waals surface area contributed by atoms with Gasteiger partial charge >= 0.3 is 0 Å². The number of hydrogen-bond donors (Lipinski definition) is 0. The van der Waals surface area contributed by atoms with Gasteiger partial charge in [0.15, 0.2) is 9.77 Å². The summed E-state index contributed by atoms with van der Waals surface area (Å²) in [7, 11) is 0. The van der Waals surface area contributed by atoms with Crippen LogP contribution >= 0.6 is 23.1 Å². The molecular weight excluding hydrogens is 525 g/mol. The van der Waals surface area contributed by atoms with Crippen molar-refractivity contribution in [3.63, 3.8) is 0 Å².